The number of fused-ring (bicyclic) bond motifs is 5. The predicted molar refractivity (Wildman–Crippen MR) is 191 cm³/mol. The molecule has 0 saturated carbocycles. The minimum Gasteiger partial charge on any atom is -0.507 e. The van der Waals surface area contributed by atoms with Crippen molar-refractivity contribution in [1.29, 1.82) is 5.41 Å². The van der Waals surface area contributed by atoms with Crippen LogP contribution in [0, 0.1) is 10.8 Å². The zero-order chi connectivity index (χ0) is 38.2. The maximum absolute atomic E-state index is 14.0. The maximum Gasteiger partial charge on any atom is 0.254 e. The normalized spacial score (nSPS) is 17.5. The van der Waals surface area contributed by atoms with E-state index >= 15 is 0 Å². The van der Waals surface area contributed by atoms with E-state index in [1.807, 2.05) is 20.8 Å². The van der Waals surface area contributed by atoms with Crippen LogP contribution >= 0.6 is 0 Å². The van der Waals surface area contributed by atoms with Crippen molar-refractivity contribution >= 4 is 35.2 Å². The third kappa shape index (κ3) is 9.66. The highest BCUT2D eigenvalue weighted by Crippen LogP contribution is 2.39. The second-order valence-electron chi connectivity index (χ2n) is 13.4. The lowest BCUT2D eigenvalue weighted by atomic mass is 9.90. The molecule has 2 heterocycles. The number of amides is 5. The molecule has 16 nitrogen and oxygen atoms in total. The van der Waals surface area contributed by atoms with E-state index in [9.17, 15) is 29.1 Å². The summed E-state index contributed by atoms with van der Waals surface area (Å²) >= 11 is 0. The van der Waals surface area contributed by atoms with Crippen molar-refractivity contribution in [2.45, 2.75) is 52.2 Å². The summed E-state index contributed by atoms with van der Waals surface area (Å²) in [6, 6.07) is 5.85. The van der Waals surface area contributed by atoms with E-state index in [2.05, 4.69) is 31.2 Å². The number of aromatic nitrogens is 2. The Morgan fingerprint density at radius 1 is 1.02 bits per heavy atom. The number of likely N-dealkylation sites (N-methyl/N-ethyl adjacent to an activating group) is 1. The van der Waals surface area contributed by atoms with Crippen LogP contribution in [0.4, 0.5) is 0 Å². The van der Waals surface area contributed by atoms with Crippen molar-refractivity contribution in [2.24, 2.45) is 11.1 Å². The van der Waals surface area contributed by atoms with Crippen molar-refractivity contribution in [3.05, 3.63) is 71.8 Å². The van der Waals surface area contributed by atoms with Gasteiger partial charge < -0.3 is 47.2 Å². The number of aromatic hydroxyl groups is 1. The van der Waals surface area contributed by atoms with Gasteiger partial charge in [0.25, 0.3) is 5.91 Å². The van der Waals surface area contributed by atoms with Gasteiger partial charge in [-0.05, 0) is 42.3 Å². The van der Waals surface area contributed by atoms with Gasteiger partial charge in [0, 0.05) is 54.7 Å². The molecular formula is C36H45N9O7. The van der Waals surface area contributed by atoms with Gasteiger partial charge in [0.05, 0.1) is 18.7 Å². The predicted octanol–water partition coefficient (Wildman–Crippen LogP) is 0.844. The molecule has 4 rings (SSSR count). The highest BCUT2D eigenvalue weighted by molar-refractivity contribution is 5.98. The van der Waals surface area contributed by atoms with Gasteiger partial charge in [-0.3, -0.25) is 24.0 Å². The summed E-state index contributed by atoms with van der Waals surface area (Å²) in [6.07, 6.45) is 3.85. The molecule has 0 saturated heterocycles. The van der Waals surface area contributed by atoms with Crippen LogP contribution in [0.5, 0.6) is 11.5 Å². The van der Waals surface area contributed by atoms with Crippen molar-refractivity contribution in [1.82, 2.24) is 36.1 Å². The fourth-order valence-electron chi connectivity index (χ4n) is 5.31. The Hall–Kier alpha value is -5.90. The SMILES string of the molecule is C[C@H]1NC(=O)[C@H](N(C)C(=O)CNC(=O)c2cncnc2)c2ccc(OCCN)c(c2)-c2cc(ccc2O)C[C@H](C(=O)NCC(=N)C(C)(C)C)NC1=O. The number of carbonyl (C=O) groups excluding carboxylic acids is 5. The Labute approximate surface area is 301 Å². The highest BCUT2D eigenvalue weighted by atomic mass is 16.5. The molecule has 5 amide bonds. The monoisotopic (exact) mass is 715 g/mol. The van der Waals surface area contributed by atoms with Crippen LogP contribution in [-0.4, -0.2) is 101 Å². The molecule has 0 spiro atoms. The Morgan fingerprint density at radius 2 is 1.73 bits per heavy atom. The molecule has 276 valence electrons. The lowest BCUT2D eigenvalue weighted by Crippen LogP contribution is -2.55. The number of ether oxygens (including phenoxy) is 1. The molecule has 1 aliphatic heterocycles. The summed E-state index contributed by atoms with van der Waals surface area (Å²) in [7, 11) is 1.38. The fourth-order valence-corrected chi connectivity index (χ4v) is 5.31. The first-order valence-electron chi connectivity index (χ1n) is 16.6. The Balaban J connectivity index is 1.76. The zero-order valence-corrected chi connectivity index (χ0v) is 29.8. The molecule has 3 aromatic rings. The second kappa shape index (κ2) is 16.9. The van der Waals surface area contributed by atoms with Gasteiger partial charge in [-0.15, -0.1) is 0 Å². The van der Waals surface area contributed by atoms with E-state index in [0.29, 0.717) is 28.0 Å². The van der Waals surface area contributed by atoms with Gasteiger partial charge in [-0.25, -0.2) is 9.97 Å². The molecule has 16 heteroatoms. The largest absolute Gasteiger partial charge is 0.507 e. The molecule has 3 atom stereocenters. The standard InChI is InChI=1S/C36H45N9O7/c1-20-32(48)44-26(34(50)41-17-29(38)36(2,3)4)13-21-6-8-27(46)24(12-21)25-14-22(7-9-28(25)52-11-10-37)31(35(51)43-20)45(5)30(47)18-42-33(49)23-15-39-19-40-16-23/h6-9,12,14-16,19-20,26,31,38,46H,10-11,13,17-18,37H2,1-5H3,(H,41,50)(H,42,49)(H,43,51)(H,44,48)/t20-,26-,31-/m1/s1. The minimum absolute atomic E-state index is 0.00768. The maximum atomic E-state index is 14.0. The third-order valence-electron chi connectivity index (χ3n) is 8.47. The lowest BCUT2D eigenvalue weighted by molar-refractivity contribution is -0.139. The first-order valence-corrected chi connectivity index (χ1v) is 16.6. The molecule has 2 aromatic carbocycles. The number of carbonyl (C=O) groups is 5. The van der Waals surface area contributed by atoms with Crippen LogP contribution in [0.1, 0.15) is 55.2 Å². The van der Waals surface area contributed by atoms with Crippen LogP contribution in [-0.2, 0) is 25.6 Å². The number of nitrogens with one attached hydrogen (secondary N) is 5. The summed E-state index contributed by atoms with van der Waals surface area (Å²) in [5.41, 5.74) is 7.19. The molecule has 4 bridgehead atoms. The Bertz CT molecular complexity index is 1830. The molecule has 0 unspecified atom stereocenters. The summed E-state index contributed by atoms with van der Waals surface area (Å²) in [5, 5.41) is 30.0. The minimum atomic E-state index is -1.34. The van der Waals surface area contributed by atoms with Crippen LogP contribution in [0.15, 0.2) is 55.1 Å². The van der Waals surface area contributed by atoms with Gasteiger partial charge in [-0.1, -0.05) is 32.9 Å². The second-order valence-corrected chi connectivity index (χ2v) is 13.4. The molecule has 0 radical (unpaired) electrons. The summed E-state index contributed by atoms with van der Waals surface area (Å²) in [4.78, 5) is 75.9. The van der Waals surface area contributed by atoms with E-state index in [1.54, 1.807) is 30.3 Å². The first kappa shape index (κ1) is 38.9. The molecule has 52 heavy (non-hydrogen) atoms. The van der Waals surface area contributed by atoms with Crippen molar-refractivity contribution in [3.8, 4) is 22.6 Å². The average molecular weight is 716 g/mol. The number of rotatable bonds is 10. The van der Waals surface area contributed by atoms with Gasteiger partial charge in [0.15, 0.2) is 0 Å². The molecule has 1 aromatic heterocycles. The summed E-state index contributed by atoms with van der Waals surface area (Å²) in [5.74, 6) is -3.02. The summed E-state index contributed by atoms with van der Waals surface area (Å²) < 4.78 is 5.92. The van der Waals surface area contributed by atoms with Gasteiger partial charge in [0.2, 0.25) is 23.6 Å². The number of hydrogen-bond donors (Lipinski definition) is 7. The van der Waals surface area contributed by atoms with Crippen molar-refractivity contribution in [2.75, 3.05) is 33.3 Å². The van der Waals surface area contributed by atoms with E-state index in [4.69, 9.17) is 15.9 Å². The number of phenols is 1. The van der Waals surface area contributed by atoms with Crippen molar-refractivity contribution < 1.29 is 33.8 Å². The smallest absolute Gasteiger partial charge is 0.254 e. The third-order valence-corrected chi connectivity index (χ3v) is 8.47. The van der Waals surface area contributed by atoms with Crippen LogP contribution in [0.3, 0.4) is 0 Å². The van der Waals surface area contributed by atoms with E-state index in [1.165, 1.54) is 38.8 Å². The van der Waals surface area contributed by atoms with Crippen LogP contribution < -0.4 is 31.7 Å². The number of nitrogens with two attached hydrogens (primary N) is 1. The fraction of sp³-hybridized carbons (Fsp3) is 0.389. The molecular weight excluding hydrogens is 670 g/mol. The quantitative estimate of drug-likeness (QED) is 0.146. The van der Waals surface area contributed by atoms with Crippen LogP contribution in [0.25, 0.3) is 11.1 Å². The Kier molecular flexibility index (Phi) is 12.6. The van der Waals surface area contributed by atoms with Crippen LogP contribution in [0.2, 0.25) is 0 Å². The van der Waals surface area contributed by atoms with Gasteiger partial charge >= 0.3 is 0 Å². The van der Waals surface area contributed by atoms with E-state index in [-0.39, 0.29) is 43.1 Å². The topological polar surface area (TPSA) is 242 Å². The molecule has 0 aliphatic carbocycles. The molecule has 1 aliphatic rings. The lowest BCUT2D eigenvalue weighted by Gasteiger charge is -2.30. The number of nitrogens with zero attached hydrogens (tertiary/aromatic N) is 3. The first-order chi connectivity index (χ1) is 24.6. The number of phenolic OH excluding ortho intramolecular Hbond substituents is 1. The van der Waals surface area contributed by atoms with E-state index < -0.39 is 59.6 Å². The van der Waals surface area contributed by atoms with Gasteiger partial charge in [0.1, 0.15) is 42.6 Å². The summed E-state index contributed by atoms with van der Waals surface area (Å²) in [6.45, 7) is 6.79. The number of benzene rings is 2. The van der Waals surface area contributed by atoms with E-state index in [0.717, 1.165) is 4.90 Å². The number of hydrogen-bond acceptors (Lipinski definition) is 11. The molecule has 8 N–H and O–H groups in total. The van der Waals surface area contributed by atoms with Crippen molar-refractivity contribution in [3.63, 3.8) is 0 Å². The Morgan fingerprint density at radius 3 is 2.40 bits per heavy atom. The van der Waals surface area contributed by atoms with Gasteiger partial charge in [-0.2, -0.15) is 0 Å². The zero-order valence-electron chi connectivity index (χ0n) is 29.8. The molecule has 0 fully saturated rings. The average Bonchev–Trinajstić information content (AvgIpc) is 3.11. The highest BCUT2D eigenvalue weighted by Gasteiger charge is 2.33.